The van der Waals surface area contributed by atoms with Crippen LogP contribution in [0.4, 0.5) is 5.69 Å². The van der Waals surface area contributed by atoms with Gasteiger partial charge in [0.2, 0.25) is 0 Å². The average molecular weight is 363 g/mol. The molecule has 0 aliphatic carbocycles. The van der Waals surface area contributed by atoms with E-state index in [0.29, 0.717) is 32.1 Å². The fourth-order valence-corrected chi connectivity index (χ4v) is 2.15. The smallest absolute Gasteiger partial charge is 0.189 e. The molecule has 0 radical (unpaired) electrons. The molecule has 0 amide bonds. The van der Waals surface area contributed by atoms with E-state index in [1.165, 1.54) is 0 Å². The van der Waals surface area contributed by atoms with Crippen LogP contribution in [-0.4, -0.2) is 5.11 Å². The number of anilines is 1. The number of hydrogen-bond acceptors (Lipinski definition) is 3. The van der Waals surface area contributed by atoms with Gasteiger partial charge in [-0.3, -0.25) is 10.9 Å². The molecule has 0 saturated heterocycles. The first-order valence-corrected chi connectivity index (χ1v) is 7.63. The van der Waals surface area contributed by atoms with Crippen LogP contribution in [0.5, 0.6) is 0 Å². The molecule has 0 saturated carbocycles. The maximum Gasteiger partial charge on any atom is 0.189 e. The van der Waals surface area contributed by atoms with E-state index in [0.717, 1.165) is 5.56 Å². The molecular weight excluding hydrogens is 351 g/mol. The summed E-state index contributed by atoms with van der Waals surface area (Å²) in [5.74, 6) is 0. The van der Waals surface area contributed by atoms with Crippen molar-refractivity contribution in [2.45, 2.75) is 0 Å². The molecule has 0 spiro atoms. The summed E-state index contributed by atoms with van der Waals surface area (Å²) in [6, 6.07) is 14.2. The number of nitrogens with zero attached hydrogens (tertiary/aromatic N) is 1. The molecule has 2 aromatic rings. The molecule has 116 valence electrons. The van der Waals surface area contributed by atoms with Gasteiger partial charge in [-0.15, -0.1) is 0 Å². The van der Waals surface area contributed by atoms with E-state index < -0.39 is 0 Å². The number of hydrogen-bond donors (Lipinski definition) is 3. The summed E-state index contributed by atoms with van der Waals surface area (Å²) in [4.78, 5) is 0. The Balaban J connectivity index is 1.89. The fourth-order valence-electron chi connectivity index (χ4n) is 1.69. The highest BCUT2D eigenvalue weighted by atomic mass is 35.5. The van der Waals surface area contributed by atoms with Crippen molar-refractivity contribution < 1.29 is 0 Å². The van der Waals surface area contributed by atoms with Crippen LogP contribution in [-0.2, 0) is 0 Å². The predicted octanol–water partition coefficient (Wildman–Crippen LogP) is 4.33. The molecule has 23 heavy (non-hydrogen) atoms. The minimum absolute atomic E-state index is 0.346. The summed E-state index contributed by atoms with van der Waals surface area (Å²) < 4.78 is 0. The van der Waals surface area contributed by atoms with Crippen LogP contribution in [0.25, 0.3) is 5.70 Å². The number of benzene rings is 2. The third kappa shape index (κ3) is 4.86. The normalized spacial score (nSPS) is 9.61. The van der Waals surface area contributed by atoms with Gasteiger partial charge in [0.05, 0.1) is 27.4 Å². The minimum atomic E-state index is 0.346. The van der Waals surface area contributed by atoms with E-state index in [1.807, 2.05) is 0 Å². The highest BCUT2D eigenvalue weighted by Gasteiger charge is 2.03. The lowest BCUT2D eigenvalue weighted by molar-refractivity contribution is 0.851. The van der Waals surface area contributed by atoms with Crippen molar-refractivity contribution in [3.8, 4) is 6.07 Å². The molecule has 0 bridgehead atoms. The lowest BCUT2D eigenvalue weighted by atomic mass is 10.1. The van der Waals surface area contributed by atoms with Crippen LogP contribution < -0.4 is 16.2 Å². The summed E-state index contributed by atoms with van der Waals surface area (Å²) >= 11 is 17.0. The second-order valence-corrected chi connectivity index (χ2v) is 5.72. The van der Waals surface area contributed by atoms with Gasteiger partial charge >= 0.3 is 0 Å². The van der Waals surface area contributed by atoms with E-state index in [9.17, 15) is 0 Å². The number of thiocarbonyl (C=S) groups is 1. The lowest BCUT2D eigenvalue weighted by Gasteiger charge is -2.14. The minimum Gasteiger partial charge on any atom is -0.331 e. The van der Waals surface area contributed by atoms with Gasteiger partial charge in [-0.1, -0.05) is 41.9 Å². The van der Waals surface area contributed by atoms with Crippen molar-refractivity contribution >= 4 is 51.9 Å². The lowest BCUT2D eigenvalue weighted by Crippen LogP contribution is -2.38. The highest BCUT2D eigenvalue weighted by molar-refractivity contribution is 7.80. The average Bonchev–Trinajstić information content (AvgIpc) is 2.56. The van der Waals surface area contributed by atoms with Crippen molar-refractivity contribution in [1.29, 1.82) is 5.26 Å². The second kappa shape index (κ2) is 7.84. The van der Waals surface area contributed by atoms with Crippen molar-refractivity contribution in [2.24, 2.45) is 0 Å². The highest BCUT2D eigenvalue weighted by Crippen LogP contribution is 2.24. The first-order chi connectivity index (χ1) is 11.0. The van der Waals surface area contributed by atoms with Crippen molar-refractivity contribution in [3.05, 3.63) is 70.2 Å². The number of nitrogens with one attached hydrogen (secondary N) is 3. The molecule has 4 nitrogen and oxygen atoms in total. The Labute approximate surface area is 149 Å². The zero-order chi connectivity index (χ0) is 16.8. The summed E-state index contributed by atoms with van der Waals surface area (Å²) in [6.07, 6.45) is 0. The SMILES string of the molecule is C=C(NNC(=S)Nc1ccc(Cl)c(Cl)c1)c1ccc(C#N)cc1. The Morgan fingerprint density at radius 1 is 1.04 bits per heavy atom. The van der Waals surface area contributed by atoms with Gasteiger partial charge in [0.1, 0.15) is 0 Å². The molecule has 2 aromatic carbocycles. The van der Waals surface area contributed by atoms with Crippen LogP contribution in [0, 0.1) is 11.3 Å². The maximum absolute atomic E-state index is 8.78. The number of rotatable bonds is 4. The van der Waals surface area contributed by atoms with Crippen LogP contribution in [0.2, 0.25) is 10.0 Å². The zero-order valence-electron chi connectivity index (χ0n) is 11.9. The third-order valence-electron chi connectivity index (χ3n) is 2.87. The summed E-state index contributed by atoms with van der Waals surface area (Å²) in [6.45, 7) is 3.90. The number of halogens is 2. The Kier molecular flexibility index (Phi) is 5.83. The van der Waals surface area contributed by atoms with Crippen LogP contribution in [0.15, 0.2) is 49.0 Å². The largest absolute Gasteiger partial charge is 0.331 e. The first-order valence-electron chi connectivity index (χ1n) is 6.47. The number of nitriles is 1. The van der Waals surface area contributed by atoms with Crippen molar-refractivity contribution in [2.75, 3.05) is 5.32 Å². The number of hydrazine groups is 1. The quantitative estimate of drug-likeness (QED) is 0.558. The Bertz CT molecular complexity index is 782. The van der Waals surface area contributed by atoms with Crippen molar-refractivity contribution in [1.82, 2.24) is 10.9 Å². The standard InChI is InChI=1S/C16H12Cl2N4S/c1-10(12-4-2-11(9-19)3-5-12)21-22-16(23)20-13-6-7-14(17)15(18)8-13/h2-8,21H,1H2,(H2,20,22,23). The Morgan fingerprint density at radius 3 is 2.35 bits per heavy atom. The van der Waals surface area contributed by atoms with Crippen LogP contribution in [0.1, 0.15) is 11.1 Å². The molecule has 0 fully saturated rings. The van der Waals surface area contributed by atoms with E-state index in [1.54, 1.807) is 42.5 Å². The molecule has 3 N–H and O–H groups in total. The van der Waals surface area contributed by atoms with Crippen LogP contribution >= 0.6 is 35.4 Å². The molecule has 0 unspecified atom stereocenters. The monoisotopic (exact) mass is 362 g/mol. The van der Waals surface area contributed by atoms with E-state index in [-0.39, 0.29) is 0 Å². The Morgan fingerprint density at radius 2 is 1.74 bits per heavy atom. The van der Waals surface area contributed by atoms with E-state index >= 15 is 0 Å². The summed E-state index contributed by atoms with van der Waals surface area (Å²) in [5.41, 5.74) is 8.47. The molecule has 7 heteroatoms. The van der Waals surface area contributed by atoms with Crippen LogP contribution in [0.3, 0.4) is 0 Å². The van der Waals surface area contributed by atoms with Gasteiger partial charge in [-0.2, -0.15) is 5.26 Å². The van der Waals surface area contributed by atoms with Gasteiger partial charge in [0, 0.05) is 5.69 Å². The topological polar surface area (TPSA) is 59.9 Å². The zero-order valence-corrected chi connectivity index (χ0v) is 14.2. The molecule has 2 rings (SSSR count). The first kappa shape index (κ1) is 17.1. The Hall–Kier alpha value is -2.26. The molecule has 0 heterocycles. The maximum atomic E-state index is 8.78. The summed E-state index contributed by atoms with van der Waals surface area (Å²) in [5, 5.41) is 13.0. The second-order valence-electron chi connectivity index (χ2n) is 4.50. The van der Waals surface area contributed by atoms with Gasteiger partial charge in [-0.05, 0) is 48.1 Å². The molecule has 0 aliphatic rings. The summed E-state index contributed by atoms with van der Waals surface area (Å²) in [7, 11) is 0. The van der Waals surface area contributed by atoms with Gasteiger partial charge in [-0.25, -0.2) is 0 Å². The molecule has 0 atom stereocenters. The van der Waals surface area contributed by atoms with Gasteiger partial charge in [0.15, 0.2) is 5.11 Å². The molecule has 0 aliphatic heterocycles. The fraction of sp³-hybridized carbons (Fsp3) is 0. The third-order valence-corrected chi connectivity index (χ3v) is 3.81. The van der Waals surface area contributed by atoms with E-state index in [2.05, 4.69) is 28.8 Å². The van der Waals surface area contributed by atoms with Gasteiger partial charge < -0.3 is 5.32 Å². The van der Waals surface area contributed by atoms with Crippen molar-refractivity contribution in [3.63, 3.8) is 0 Å². The predicted molar refractivity (Wildman–Crippen MR) is 99.1 cm³/mol. The van der Waals surface area contributed by atoms with E-state index in [4.69, 9.17) is 40.7 Å². The van der Waals surface area contributed by atoms with Gasteiger partial charge in [0.25, 0.3) is 0 Å². The molecule has 0 aromatic heterocycles. The molecular formula is C16H12Cl2N4S.